The van der Waals surface area contributed by atoms with Crippen molar-refractivity contribution in [2.24, 2.45) is 0 Å². The highest BCUT2D eigenvalue weighted by Gasteiger charge is 2.30. The number of nitrogen functional groups attached to an aromatic ring is 1. The summed E-state index contributed by atoms with van der Waals surface area (Å²) in [5.74, 6) is 0. The molecule has 0 amide bonds. The summed E-state index contributed by atoms with van der Waals surface area (Å²) in [5.41, 5.74) is 7.37. The van der Waals surface area contributed by atoms with Gasteiger partial charge in [0.1, 0.15) is 0 Å². The molecule has 1 aliphatic rings. The first-order chi connectivity index (χ1) is 8.96. The van der Waals surface area contributed by atoms with Gasteiger partial charge in [0.2, 0.25) is 10.0 Å². The second kappa shape index (κ2) is 5.48. The van der Waals surface area contributed by atoms with Crippen molar-refractivity contribution in [3.8, 4) is 0 Å². The lowest BCUT2D eigenvalue weighted by Gasteiger charge is -2.23. The molecule has 1 saturated heterocycles. The summed E-state index contributed by atoms with van der Waals surface area (Å²) in [5, 5.41) is 0. The fraction of sp³-hybridized carbons (Fsp3) is 0.538. The Morgan fingerprint density at radius 1 is 1.47 bits per heavy atom. The van der Waals surface area contributed by atoms with Gasteiger partial charge in [0.25, 0.3) is 0 Å². The van der Waals surface area contributed by atoms with E-state index < -0.39 is 10.0 Å². The number of hydrogen-bond acceptors (Lipinski definition) is 4. The van der Waals surface area contributed by atoms with E-state index in [2.05, 4.69) is 0 Å². The van der Waals surface area contributed by atoms with Crippen LogP contribution in [0.15, 0.2) is 23.1 Å². The summed E-state index contributed by atoms with van der Waals surface area (Å²) in [7, 11) is -1.90. The molecule has 1 fully saturated rings. The molecule has 1 atom stereocenters. The lowest BCUT2D eigenvalue weighted by atomic mass is 10.1. The Hall–Kier alpha value is -1.11. The molecule has 0 bridgehead atoms. The molecule has 19 heavy (non-hydrogen) atoms. The summed E-state index contributed by atoms with van der Waals surface area (Å²) in [6.07, 6.45) is 1.52. The Balaban J connectivity index is 2.30. The van der Waals surface area contributed by atoms with Crippen LogP contribution >= 0.6 is 0 Å². The molecule has 0 spiro atoms. The van der Waals surface area contributed by atoms with E-state index in [4.69, 9.17) is 10.5 Å². The highest BCUT2D eigenvalue weighted by atomic mass is 32.2. The van der Waals surface area contributed by atoms with Crippen molar-refractivity contribution in [1.82, 2.24) is 4.31 Å². The molecule has 5 nitrogen and oxygen atoms in total. The smallest absolute Gasteiger partial charge is 0.243 e. The third-order valence-corrected chi connectivity index (χ3v) is 5.50. The molecule has 0 aromatic heterocycles. The maximum absolute atomic E-state index is 12.5. The van der Waals surface area contributed by atoms with Gasteiger partial charge in [-0.3, -0.25) is 0 Å². The zero-order valence-electron chi connectivity index (χ0n) is 11.3. The van der Waals surface area contributed by atoms with E-state index in [-0.39, 0.29) is 10.9 Å². The van der Waals surface area contributed by atoms with Crippen molar-refractivity contribution in [1.29, 1.82) is 0 Å². The van der Waals surface area contributed by atoms with Gasteiger partial charge in [0.05, 0.1) is 17.5 Å². The number of anilines is 1. The Morgan fingerprint density at radius 3 is 2.74 bits per heavy atom. The van der Waals surface area contributed by atoms with Crippen LogP contribution in [0.3, 0.4) is 0 Å². The largest absolute Gasteiger partial charge is 0.398 e. The van der Waals surface area contributed by atoms with E-state index in [1.54, 1.807) is 25.2 Å². The molecule has 2 N–H and O–H groups in total. The van der Waals surface area contributed by atoms with Gasteiger partial charge in [0, 0.05) is 19.3 Å². The monoisotopic (exact) mass is 284 g/mol. The van der Waals surface area contributed by atoms with E-state index in [1.807, 2.05) is 6.92 Å². The summed E-state index contributed by atoms with van der Waals surface area (Å²) in [6.45, 7) is 3.06. The van der Waals surface area contributed by atoms with Gasteiger partial charge in [-0.15, -0.1) is 0 Å². The van der Waals surface area contributed by atoms with Crippen LogP contribution in [0, 0.1) is 0 Å². The van der Waals surface area contributed by atoms with Crippen LogP contribution in [-0.2, 0) is 21.2 Å². The van der Waals surface area contributed by atoms with E-state index >= 15 is 0 Å². The first-order valence-electron chi connectivity index (χ1n) is 6.41. The van der Waals surface area contributed by atoms with Gasteiger partial charge in [0.15, 0.2) is 0 Å². The lowest BCUT2D eigenvalue weighted by molar-refractivity contribution is 0.181. The van der Waals surface area contributed by atoms with Crippen LogP contribution in [-0.4, -0.2) is 39.0 Å². The molecule has 1 aromatic carbocycles. The molecule has 1 heterocycles. The van der Waals surface area contributed by atoms with E-state index in [0.29, 0.717) is 18.9 Å². The van der Waals surface area contributed by atoms with Crippen LogP contribution in [0.1, 0.15) is 18.9 Å². The third-order valence-electron chi connectivity index (χ3n) is 3.60. The Morgan fingerprint density at radius 2 is 2.21 bits per heavy atom. The Labute approximate surface area is 114 Å². The summed E-state index contributed by atoms with van der Waals surface area (Å²) < 4.78 is 31.6. The normalized spacial score (nSPS) is 20.1. The Kier molecular flexibility index (Phi) is 4.13. The maximum Gasteiger partial charge on any atom is 0.243 e. The van der Waals surface area contributed by atoms with Gasteiger partial charge >= 0.3 is 0 Å². The fourth-order valence-corrected chi connectivity index (χ4v) is 3.63. The fourth-order valence-electron chi connectivity index (χ4n) is 2.23. The van der Waals surface area contributed by atoms with Crippen LogP contribution in [0.2, 0.25) is 0 Å². The van der Waals surface area contributed by atoms with Crippen molar-refractivity contribution in [2.45, 2.75) is 30.7 Å². The van der Waals surface area contributed by atoms with Crippen LogP contribution in [0.25, 0.3) is 0 Å². The van der Waals surface area contributed by atoms with E-state index in [1.165, 1.54) is 4.31 Å². The van der Waals surface area contributed by atoms with Crippen LogP contribution in [0.5, 0.6) is 0 Å². The van der Waals surface area contributed by atoms with E-state index in [0.717, 1.165) is 18.4 Å². The quantitative estimate of drug-likeness (QED) is 0.844. The SMILES string of the molecule is CCc1ccc(S(=O)(=O)N(C)C2CCOC2)cc1N. The summed E-state index contributed by atoms with van der Waals surface area (Å²) in [4.78, 5) is 0.247. The minimum absolute atomic E-state index is 0.0860. The van der Waals surface area contributed by atoms with Crippen molar-refractivity contribution < 1.29 is 13.2 Å². The van der Waals surface area contributed by atoms with Crippen molar-refractivity contribution >= 4 is 15.7 Å². The molecule has 1 aromatic rings. The summed E-state index contributed by atoms with van der Waals surface area (Å²) in [6, 6.07) is 4.86. The average molecular weight is 284 g/mol. The molecule has 0 radical (unpaired) electrons. The maximum atomic E-state index is 12.5. The molecular weight excluding hydrogens is 264 g/mol. The first-order valence-corrected chi connectivity index (χ1v) is 7.85. The van der Waals surface area contributed by atoms with Crippen molar-refractivity contribution in [3.63, 3.8) is 0 Å². The minimum Gasteiger partial charge on any atom is -0.398 e. The van der Waals surface area contributed by atoms with Crippen LogP contribution in [0.4, 0.5) is 5.69 Å². The number of rotatable bonds is 4. The van der Waals surface area contributed by atoms with Gasteiger partial charge in [-0.25, -0.2) is 8.42 Å². The molecule has 106 valence electrons. The number of likely N-dealkylation sites (N-methyl/N-ethyl adjacent to an activating group) is 1. The predicted octanol–water partition coefficient (Wildman–Crippen LogP) is 1.24. The molecular formula is C13H20N2O3S. The van der Waals surface area contributed by atoms with Crippen molar-refractivity contribution in [3.05, 3.63) is 23.8 Å². The number of aryl methyl sites for hydroxylation is 1. The molecule has 0 aliphatic carbocycles. The zero-order chi connectivity index (χ0) is 14.0. The topological polar surface area (TPSA) is 72.6 Å². The average Bonchev–Trinajstić information content (AvgIpc) is 2.91. The highest BCUT2D eigenvalue weighted by Crippen LogP contribution is 2.24. The number of hydrogen-bond donors (Lipinski definition) is 1. The molecule has 0 saturated carbocycles. The number of nitrogens with two attached hydrogens (primary N) is 1. The summed E-state index contributed by atoms with van der Waals surface area (Å²) >= 11 is 0. The molecule has 6 heteroatoms. The molecule has 1 aliphatic heterocycles. The van der Waals surface area contributed by atoms with Gasteiger partial charge < -0.3 is 10.5 Å². The second-order valence-corrected chi connectivity index (χ2v) is 6.75. The van der Waals surface area contributed by atoms with Crippen molar-refractivity contribution in [2.75, 3.05) is 26.0 Å². The van der Waals surface area contributed by atoms with E-state index in [9.17, 15) is 8.42 Å². The van der Waals surface area contributed by atoms with Gasteiger partial charge in [-0.1, -0.05) is 13.0 Å². The van der Waals surface area contributed by atoms with Gasteiger partial charge in [-0.2, -0.15) is 4.31 Å². The highest BCUT2D eigenvalue weighted by molar-refractivity contribution is 7.89. The number of benzene rings is 1. The predicted molar refractivity (Wildman–Crippen MR) is 74.4 cm³/mol. The number of sulfonamides is 1. The number of nitrogens with zero attached hydrogens (tertiary/aromatic N) is 1. The second-order valence-electron chi connectivity index (χ2n) is 4.75. The Bertz CT molecular complexity index is 551. The standard InChI is InChI=1S/C13H20N2O3S/c1-3-10-4-5-12(8-13(10)14)19(16,17)15(2)11-6-7-18-9-11/h4-5,8,11H,3,6-7,9,14H2,1-2H3. The zero-order valence-corrected chi connectivity index (χ0v) is 12.1. The molecule has 1 unspecified atom stereocenters. The first kappa shape index (κ1) is 14.3. The molecule has 2 rings (SSSR count). The number of ether oxygens (including phenoxy) is 1. The van der Waals surface area contributed by atoms with Crippen LogP contribution < -0.4 is 5.73 Å². The minimum atomic E-state index is -3.50. The third kappa shape index (κ3) is 2.75. The van der Waals surface area contributed by atoms with Gasteiger partial charge in [-0.05, 0) is 30.5 Å². The lowest BCUT2D eigenvalue weighted by Crippen LogP contribution is -2.37.